The number of fused-ring (bicyclic) bond motifs is 3. The van der Waals surface area contributed by atoms with Crippen LogP contribution in [0.25, 0.3) is 11.1 Å². The highest BCUT2D eigenvalue weighted by Crippen LogP contribution is 2.59. The number of nitrogens with two attached hydrogens (primary N) is 1. The largest absolute Gasteiger partial charge is 0.435 e. The van der Waals surface area contributed by atoms with Gasteiger partial charge < -0.3 is 10.8 Å². The smallest absolute Gasteiger partial charge is 0.377 e. The lowest BCUT2D eigenvalue weighted by Gasteiger charge is -2.25. The van der Waals surface area contributed by atoms with Gasteiger partial charge in [0.05, 0.1) is 23.8 Å². The van der Waals surface area contributed by atoms with E-state index in [4.69, 9.17) is 5.73 Å². The van der Waals surface area contributed by atoms with E-state index in [1.807, 2.05) is 0 Å². The van der Waals surface area contributed by atoms with Gasteiger partial charge in [0.25, 0.3) is 5.91 Å². The van der Waals surface area contributed by atoms with Crippen molar-refractivity contribution in [1.29, 1.82) is 0 Å². The Morgan fingerprint density at radius 2 is 1.86 bits per heavy atom. The number of carbonyl (C=O) groups is 1. The summed E-state index contributed by atoms with van der Waals surface area (Å²) in [6.07, 6.45) is -3.66. The topological polar surface area (TPSA) is 106 Å². The van der Waals surface area contributed by atoms with Gasteiger partial charge in [-0.2, -0.15) is 18.3 Å². The molecule has 1 fully saturated rings. The van der Waals surface area contributed by atoms with Gasteiger partial charge in [-0.25, -0.2) is 13.2 Å². The van der Waals surface area contributed by atoms with Crippen LogP contribution in [0.15, 0.2) is 54.7 Å². The van der Waals surface area contributed by atoms with Crippen molar-refractivity contribution in [1.82, 2.24) is 20.1 Å². The molecule has 3 unspecified atom stereocenters. The zero-order chi connectivity index (χ0) is 30.6. The molecule has 4 atom stereocenters. The van der Waals surface area contributed by atoms with E-state index in [-0.39, 0.29) is 47.2 Å². The molecule has 0 aliphatic heterocycles. The molecule has 4 N–H and O–H groups in total. The number of aliphatic hydroxyl groups excluding tert-OH is 1. The third-order valence-corrected chi connectivity index (χ3v) is 7.93. The van der Waals surface area contributed by atoms with E-state index in [9.17, 15) is 36.2 Å². The molecule has 2 aromatic carbocycles. The van der Waals surface area contributed by atoms with Gasteiger partial charge in [-0.3, -0.25) is 19.8 Å². The first-order chi connectivity index (χ1) is 20.4. The van der Waals surface area contributed by atoms with Crippen LogP contribution >= 0.6 is 0 Å². The summed E-state index contributed by atoms with van der Waals surface area (Å²) in [6.45, 7) is -0.337. The highest BCUT2D eigenvalue weighted by molar-refractivity contribution is 5.94. The van der Waals surface area contributed by atoms with Gasteiger partial charge in [-0.15, -0.1) is 0 Å². The molecule has 0 radical (unpaired) electrons. The second-order valence-corrected chi connectivity index (χ2v) is 10.9. The van der Waals surface area contributed by atoms with Gasteiger partial charge >= 0.3 is 6.18 Å². The summed E-state index contributed by atoms with van der Waals surface area (Å²) in [7, 11) is 0. The molecule has 43 heavy (non-hydrogen) atoms. The van der Waals surface area contributed by atoms with Gasteiger partial charge in [0.1, 0.15) is 23.7 Å². The van der Waals surface area contributed by atoms with Crippen molar-refractivity contribution in [3.05, 3.63) is 106 Å². The Labute approximate surface area is 241 Å². The quantitative estimate of drug-likeness (QED) is 0.184. The average molecular weight is 602 g/mol. The second-order valence-electron chi connectivity index (χ2n) is 10.9. The summed E-state index contributed by atoms with van der Waals surface area (Å²) in [5, 5.41) is 17.9. The van der Waals surface area contributed by atoms with Crippen LogP contribution in [-0.4, -0.2) is 32.0 Å². The summed E-state index contributed by atoms with van der Waals surface area (Å²) >= 11 is 0. The summed E-state index contributed by atoms with van der Waals surface area (Å²) in [5.41, 5.74) is 5.84. The predicted molar refractivity (Wildman–Crippen MR) is 142 cm³/mol. The molecule has 1 saturated carbocycles. The van der Waals surface area contributed by atoms with Crippen molar-refractivity contribution in [2.24, 2.45) is 11.7 Å². The summed E-state index contributed by atoms with van der Waals surface area (Å²) in [6, 6.07) is 8.88. The molecule has 0 bridgehead atoms. The van der Waals surface area contributed by atoms with Crippen molar-refractivity contribution >= 4 is 5.91 Å². The van der Waals surface area contributed by atoms with Crippen molar-refractivity contribution in [2.45, 2.75) is 50.2 Å². The Kier molecular flexibility index (Phi) is 7.25. The Balaban J connectivity index is 1.35. The molecule has 13 heteroatoms. The van der Waals surface area contributed by atoms with E-state index in [0.29, 0.717) is 35.7 Å². The minimum atomic E-state index is -4.64. The predicted octanol–water partition coefficient (Wildman–Crippen LogP) is 5.03. The third kappa shape index (κ3) is 5.74. The van der Waals surface area contributed by atoms with Crippen molar-refractivity contribution in [2.75, 3.05) is 0 Å². The molecule has 2 heterocycles. The fourth-order valence-corrected chi connectivity index (χ4v) is 6.02. The first-order valence-corrected chi connectivity index (χ1v) is 13.5. The maximum Gasteiger partial charge on any atom is 0.435 e. The highest BCUT2D eigenvalue weighted by atomic mass is 19.4. The number of nitrogens with one attached hydrogen (secondary N) is 1. The number of nitrogens with zero attached hydrogens (tertiary/aromatic N) is 3. The molecule has 2 aromatic heterocycles. The molecule has 0 spiro atoms. The van der Waals surface area contributed by atoms with Crippen molar-refractivity contribution in [3.63, 3.8) is 0 Å². The Hall–Kier alpha value is -4.23. The van der Waals surface area contributed by atoms with Crippen LogP contribution in [0.2, 0.25) is 0 Å². The minimum absolute atomic E-state index is 0.102. The third-order valence-electron chi connectivity index (χ3n) is 7.93. The molecule has 1 amide bonds. The number of hydrogen-bond donors (Lipinski definition) is 3. The van der Waals surface area contributed by atoms with Crippen LogP contribution in [-0.2, 0) is 25.6 Å². The highest BCUT2D eigenvalue weighted by Gasteiger charge is 2.53. The van der Waals surface area contributed by atoms with E-state index in [2.05, 4.69) is 15.4 Å². The number of pyridine rings is 1. The van der Waals surface area contributed by atoms with Gasteiger partial charge in [-0.05, 0) is 72.6 Å². The molecule has 7 nitrogen and oxygen atoms in total. The molecule has 0 saturated heterocycles. The van der Waals surface area contributed by atoms with E-state index >= 15 is 0 Å². The van der Waals surface area contributed by atoms with Gasteiger partial charge in [0, 0.05) is 29.1 Å². The van der Waals surface area contributed by atoms with Gasteiger partial charge in [-0.1, -0.05) is 12.1 Å². The van der Waals surface area contributed by atoms with Crippen LogP contribution in [0.5, 0.6) is 0 Å². The van der Waals surface area contributed by atoms with Crippen LogP contribution < -0.4 is 11.1 Å². The summed E-state index contributed by atoms with van der Waals surface area (Å²) in [5.74, 6) is -3.52. The number of primary amides is 1. The van der Waals surface area contributed by atoms with Crippen molar-refractivity contribution in [3.8, 4) is 11.1 Å². The number of aromatic nitrogens is 3. The summed E-state index contributed by atoms with van der Waals surface area (Å²) < 4.78 is 84.8. The number of alkyl halides is 3. The van der Waals surface area contributed by atoms with Crippen molar-refractivity contribution < 1.29 is 36.2 Å². The Bertz CT molecular complexity index is 1700. The lowest BCUT2D eigenvalue weighted by molar-refractivity contribution is -0.142. The van der Waals surface area contributed by atoms with Crippen LogP contribution in [0, 0.1) is 23.4 Å². The lowest BCUT2D eigenvalue weighted by Crippen LogP contribution is -2.38. The number of benzene rings is 2. The SMILES string of the molecule is NC(=O)c1cc(-c2cccnc2[C@H](Cc2cc(F)cc(F)c2)NC(O)Cn2nc(C(F)(F)F)c3c2CC2CC32)ccc1F. The molecule has 4 aromatic rings. The number of hydrogen-bond acceptors (Lipinski definition) is 5. The maximum atomic E-state index is 14.2. The normalized spacial score (nSPS) is 18.7. The van der Waals surface area contributed by atoms with Crippen LogP contribution in [0.1, 0.15) is 56.9 Å². The van der Waals surface area contributed by atoms with Crippen LogP contribution in [0.4, 0.5) is 26.3 Å². The fourth-order valence-electron chi connectivity index (χ4n) is 6.02. The molecule has 2 aliphatic carbocycles. The van der Waals surface area contributed by atoms with E-state index in [1.165, 1.54) is 23.0 Å². The average Bonchev–Trinajstić information content (AvgIpc) is 3.45. The van der Waals surface area contributed by atoms with Crippen LogP contribution in [0.3, 0.4) is 0 Å². The second kappa shape index (κ2) is 10.8. The first-order valence-electron chi connectivity index (χ1n) is 13.5. The zero-order valence-corrected chi connectivity index (χ0v) is 22.4. The number of amides is 1. The van der Waals surface area contributed by atoms with Gasteiger partial charge in [0.2, 0.25) is 0 Å². The monoisotopic (exact) mass is 601 g/mol. The number of carbonyl (C=O) groups excluding carboxylic acids is 1. The maximum absolute atomic E-state index is 14.2. The summed E-state index contributed by atoms with van der Waals surface area (Å²) in [4.78, 5) is 16.2. The number of aliphatic hydroxyl groups is 1. The first kappa shape index (κ1) is 28.9. The number of halogens is 6. The van der Waals surface area contributed by atoms with E-state index < -0.39 is 47.5 Å². The number of rotatable bonds is 9. The Morgan fingerprint density at radius 3 is 2.56 bits per heavy atom. The molecule has 2 aliphatic rings. The van der Waals surface area contributed by atoms with E-state index in [0.717, 1.165) is 18.2 Å². The minimum Gasteiger partial charge on any atom is -0.377 e. The zero-order valence-electron chi connectivity index (χ0n) is 22.4. The van der Waals surface area contributed by atoms with Gasteiger partial charge in [0.15, 0.2) is 5.69 Å². The fraction of sp³-hybridized carbons (Fsp3) is 0.300. The Morgan fingerprint density at radius 1 is 1.12 bits per heavy atom. The molecular formula is C30H25F6N5O2. The molecular weight excluding hydrogens is 576 g/mol. The standard InChI is InChI=1S/C30H25F6N5O2/c31-17-6-14(7-18(32)12-17)8-23(27-19(2-1-5-38-27)15-3-4-22(33)21(9-15)29(37)43)39-25(42)13-41-24-11-16-10-20(16)26(24)28(40-41)30(34,35)36/h1-7,9,12,16,20,23,25,39,42H,8,10-11,13H2,(H2,37,43)/t16?,20?,23-,25?/m0/s1. The van der Waals surface area contributed by atoms with E-state index in [1.54, 1.807) is 12.1 Å². The molecule has 224 valence electrons. The lowest BCUT2D eigenvalue weighted by atomic mass is 9.94. The molecule has 6 rings (SSSR count).